The van der Waals surface area contributed by atoms with Gasteiger partial charge in [0.25, 0.3) is 0 Å². The largest absolute Gasteiger partial charge is 0.462 e. The molecule has 1 aromatic rings. The molecule has 20 heavy (non-hydrogen) atoms. The number of carbonyl (C=O) groups is 1. The van der Waals surface area contributed by atoms with Crippen molar-refractivity contribution in [1.29, 1.82) is 0 Å². The van der Waals surface area contributed by atoms with Crippen LogP contribution in [0.2, 0.25) is 0 Å². The van der Waals surface area contributed by atoms with Crippen molar-refractivity contribution in [2.45, 2.75) is 32.3 Å². The minimum Gasteiger partial charge on any atom is -0.462 e. The van der Waals surface area contributed by atoms with Crippen LogP contribution in [0, 0.1) is 0 Å². The van der Waals surface area contributed by atoms with Crippen molar-refractivity contribution in [3.05, 3.63) is 23.8 Å². The molecule has 1 aromatic carbocycles. The van der Waals surface area contributed by atoms with Gasteiger partial charge in [0.15, 0.2) is 0 Å². The third kappa shape index (κ3) is 3.42. The summed E-state index contributed by atoms with van der Waals surface area (Å²) in [5, 5.41) is 3.28. The van der Waals surface area contributed by atoms with E-state index in [1.165, 1.54) is 0 Å². The average Bonchev–Trinajstić information content (AvgIpc) is 2.85. The van der Waals surface area contributed by atoms with E-state index in [4.69, 9.17) is 15.2 Å². The van der Waals surface area contributed by atoms with Crippen LogP contribution < -0.4 is 11.1 Å². The highest BCUT2D eigenvalue weighted by atomic mass is 16.5. The molecule has 110 valence electrons. The lowest BCUT2D eigenvalue weighted by molar-refractivity contribution is 0.0314. The van der Waals surface area contributed by atoms with E-state index in [-0.39, 0.29) is 11.6 Å². The van der Waals surface area contributed by atoms with E-state index < -0.39 is 0 Å². The smallest absolute Gasteiger partial charge is 0.340 e. The lowest BCUT2D eigenvalue weighted by atomic mass is 10.0. The van der Waals surface area contributed by atoms with Gasteiger partial charge in [0, 0.05) is 24.5 Å². The monoisotopic (exact) mass is 278 g/mol. The number of benzene rings is 1. The molecule has 1 aliphatic heterocycles. The van der Waals surface area contributed by atoms with Gasteiger partial charge in [-0.1, -0.05) is 0 Å². The second kappa shape index (κ2) is 6.13. The molecule has 0 spiro atoms. The van der Waals surface area contributed by atoms with E-state index in [1.807, 2.05) is 0 Å². The van der Waals surface area contributed by atoms with Crippen LogP contribution in [0.3, 0.4) is 0 Å². The van der Waals surface area contributed by atoms with Crippen molar-refractivity contribution in [3.8, 4) is 0 Å². The molecule has 1 heterocycles. The van der Waals surface area contributed by atoms with Crippen LogP contribution in [0.1, 0.15) is 37.0 Å². The van der Waals surface area contributed by atoms with E-state index in [2.05, 4.69) is 12.2 Å². The number of carbonyl (C=O) groups excluding carboxylic acids is 1. The highest BCUT2D eigenvalue weighted by molar-refractivity contribution is 5.96. The summed E-state index contributed by atoms with van der Waals surface area (Å²) < 4.78 is 10.8. The molecule has 1 atom stereocenters. The predicted octanol–water partition coefficient (Wildman–Crippen LogP) is 2.43. The standard InChI is InChI=1S/C15H22N2O3/c1-3-19-14(18)12-9-11(16)5-6-13(12)17-10-15(2)7-4-8-20-15/h5-6,9,17H,3-4,7-8,10,16H2,1-2H3. The molecular formula is C15H22N2O3. The quantitative estimate of drug-likeness (QED) is 0.639. The van der Waals surface area contributed by atoms with Gasteiger partial charge in [0.2, 0.25) is 0 Å². The highest BCUT2D eigenvalue weighted by Gasteiger charge is 2.29. The fourth-order valence-electron chi connectivity index (χ4n) is 2.35. The molecule has 5 heteroatoms. The minimum absolute atomic E-state index is 0.173. The Morgan fingerprint density at radius 1 is 1.55 bits per heavy atom. The third-order valence-corrected chi connectivity index (χ3v) is 3.49. The van der Waals surface area contributed by atoms with Crippen LogP contribution >= 0.6 is 0 Å². The number of esters is 1. The Hall–Kier alpha value is -1.75. The molecule has 1 aliphatic rings. The fraction of sp³-hybridized carbons (Fsp3) is 0.533. The first kappa shape index (κ1) is 14.7. The van der Waals surface area contributed by atoms with Crippen LogP contribution in [-0.2, 0) is 9.47 Å². The number of rotatable bonds is 5. The van der Waals surface area contributed by atoms with Gasteiger partial charge >= 0.3 is 5.97 Å². The SMILES string of the molecule is CCOC(=O)c1cc(N)ccc1NCC1(C)CCCO1. The van der Waals surface area contributed by atoms with Crippen molar-refractivity contribution in [2.24, 2.45) is 0 Å². The van der Waals surface area contributed by atoms with Gasteiger partial charge in [-0.3, -0.25) is 0 Å². The van der Waals surface area contributed by atoms with Crippen LogP contribution in [0.25, 0.3) is 0 Å². The molecule has 1 unspecified atom stereocenters. The van der Waals surface area contributed by atoms with Gasteiger partial charge in [-0.2, -0.15) is 0 Å². The predicted molar refractivity (Wildman–Crippen MR) is 78.9 cm³/mol. The molecule has 0 aliphatic carbocycles. The van der Waals surface area contributed by atoms with Crippen molar-refractivity contribution >= 4 is 17.3 Å². The molecule has 5 nitrogen and oxygen atoms in total. The molecule has 0 bridgehead atoms. The van der Waals surface area contributed by atoms with E-state index in [0.717, 1.165) is 25.1 Å². The van der Waals surface area contributed by atoms with Gasteiger partial charge in [-0.25, -0.2) is 4.79 Å². The zero-order chi connectivity index (χ0) is 14.6. The second-order valence-corrected chi connectivity index (χ2v) is 5.28. The molecule has 0 radical (unpaired) electrons. The fourth-order valence-corrected chi connectivity index (χ4v) is 2.35. The lowest BCUT2D eigenvalue weighted by Crippen LogP contribution is -2.33. The second-order valence-electron chi connectivity index (χ2n) is 5.28. The first-order valence-electron chi connectivity index (χ1n) is 6.98. The Labute approximate surface area is 119 Å². The maximum Gasteiger partial charge on any atom is 0.340 e. The van der Waals surface area contributed by atoms with Gasteiger partial charge in [0.1, 0.15) is 0 Å². The van der Waals surface area contributed by atoms with Crippen molar-refractivity contribution in [3.63, 3.8) is 0 Å². The highest BCUT2D eigenvalue weighted by Crippen LogP contribution is 2.27. The minimum atomic E-state index is -0.361. The molecule has 0 amide bonds. The Morgan fingerprint density at radius 3 is 3.00 bits per heavy atom. The van der Waals surface area contributed by atoms with Crippen molar-refractivity contribution in [1.82, 2.24) is 0 Å². The summed E-state index contributed by atoms with van der Waals surface area (Å²) in [4.78, 5) is 11.9. The van der Waals surface area contributed by atoms with Crippen LogP contribution in [0.15, 0.2) is 18.2 Å². The number of hydrogen-bond acceptors (Lipinski definition) is 5. The van der Waals surface area contributed by atoms with E-state index in [1.54, 1.807) is 25.1 Å². The lowest BCUT2D eigenvalue weighted by Gasteiger charge is -2.24. The molecule has 1 saturated heterocycles. The van der Waals surface area contributed by atoms with Crippen LogP contribution in [0.4, 0.5) is 11.4 Å². The summed E-state index contributed by atoms with van der Waals surface area (Å²) in [6.45, 7) is 5.65. The van der Waals surface area contributed by atoms with E-state index in [9.17, 15) is 4.79 Å². The molecule has 1 fully saturated rings. The average molecular weight is 278 g/mol. The number of nitrogens with one attached hydrogen (secondary N) is 1. The third-order valence-electron chi connectivity index (χ3n) is 3.49. The normalized spacial score (nSPS) is 21.7. The van der Waals surface area contributed by atoms with E-state index in [0.29, 0.717) is 24.4 Å². The zero-order valence-electron chi connectivity index (χ0n) is 12.1. The first-order valence-corrected chi connectivity index (χ1v) is 6.98. The summed E-state index contributed by atoms with van der Waals surface area (Å²) in [6, 6.07) is 5.21. The molecular weight excluding hydrogens is 256 g/mol. The zero-order valence-corrected chi connectivity index (χ0v) is 12.1. The first-order chi connectivity index (χ1) is 9.54. The van der Waals surface area contributed by atoms with Crippen LogP contribution in [-0.4, -0.2) is 31.3 Å². The summed E-state index contributed by atoms with van der Waals surface area (Å²) in [7, 11) is 0. The maximum atomic E-state index is 11.9. The van der Waals surface area contributed by atoms with E-state index >= 15 is 0 Å². The molecule has 3 N–H and O–H groups in total. The Bertz CT molecular complexity index is 482. The van der Waals surface area contributed by atoms with Gasteiger partial charge in [0.05, 0.1) is 17.8 Å². The molecule has 0 saturated carbocycles. The van der Waals surface area contributed by atoms with Crippen LogP contribution in [0.5, 0.6) is 0 Å². The number of ether oxygens (including phenoxy) is 2. The Morgan fingerprint density at radius 2 is 2.35 bits per heavy atom. The molecule has 2 rings (SSSR count). The number of nitrogen functional groups attached to an aromatic ring is 1. The molecule has 0 aromatic heterocycles. The Kier molecular flexibility index (Phi) is 4.49. The summed E-state index contributed by atoms with van der Waals surface area (Å²) in [5.41, 5.74) is 7.31. The number of anilines is 2. The summed E-state index contributed by atoms with van der Waals surface area (Å²) >= 11 is 0. The summed E-state index contributed by atoms with van der Waals surface area (Å²) in [6.07, 6.45) is 2.09. The van der Waals surface area contributed by atoms with Crippen molar-refractivity contribution in [2.75, 3.05) is 30.8 Å². The topological polar surface area (TPSA) is 73.6 Å². The van der Waals surface area contributed by atoms with Gasteiger partial charge in [-0.15, -0.1) is 0 Å². The maximum absolute atomic E-state index is 11.9. The number of hydrogen-bond donors (Lipinski definition) is 2. The van der Waals surface area contributed by atoms with Gasteiger partial charge in [-0.05, 0) is 44.9 Å². The Balaban J connectivity index is 2.12. The van der Waals surface area contributed by atoms with Gasteiger partial charge < -0.3 is 20.5 Å². The van der Waals surface area contributed by atoms with Crippen molar-refractivity contribution < 1.29 is 14.3 Å². The summed E-state index contributed by atoms with van der Waals surface area (Å²) in [5.74, 6) is -0.361. The number of nitrogens with two attached hydrogens (primary N) is 1.